The molecule has 0 unspecified atom stereocenters. The maximum atomic E-state index is 13.7. The van der Waals surface area contributed by atoms with Gasteiger partial charge in [-0.2, -0.15) is 0 Å². The number of hydrogen-bond acceptors (Lipinski definition) is 5. The van der Waals surface area contributed by atoms with Crippen LogP contribution in [0.2, 0.25) is 0 Å². The summed E-state index contributed by atoms with van der Waals surface area (Å²) in [7, 11) is 1.51. The second kappa shape index (κ2) is 9.20. The van der Waals surface area contributed by atoms with E-state index in [0.717, 1.165) is 21.7 Å². The van der Waals surface area contributed by atoms with Crippen LogP contribution in [-0.2, 0) is 9.59 Å². The molecule has 0 fully saturated rings. The number of methoxy groups -OCH3 is 1. The van der Waals surface area contributed by atoms with Crippen molar-refractivity contribution in [2.75, 3.05) is 23.9 Å². The van der Waals surface area contributed by atoms with Gasteiger partial charge in [0.15, 0.2) is 0 Å². The fourth-order valence-corrected chi connectivity index (χ4v) is 3.85. The highest BCUT2D eigenvalue weighted by Gasteiger charge is 2.41. The average Bonchev–Trinajstić information content (AvgIpc) is 3.06. The van der Waals surface area contributed by atoms with Crippen molar-refractivity contribution in [2.45, 2.75) is 20.8 Å². The molecule has 4 rings (SSSR count). The van der Waals surface area contributed by atoms with Crippen molar-refractivity contribution in [3.63, 3.8) is 0 Å². The second-order valence-electron chi connectivity index (χ2n) is 7.70. The zero-order valence-electron chi connectivity index (χ0n) is 19.1. The Morgan fingerprint density at radius 2 is 1.61 bits per heavy atom. The number of imide groups is 1. The molecule has 6 heteroatoms. The Kier molecular flexibility index (Phi) is 6.18. The molecule has 0 aliphatic carbocycles. The molecule has 0 saturated heterocycles. The lowest BCUT2D eigenvalue weighted by Gasteiger charge is -2.18. The van der Waals surface area contributed by atoms with Crippen LogP contribution in [0.25, 0.3) is 5.57 Å². The normalized spacial score (nSPS) is 13.5. The number of aryl methyl sites for hydroxylation is 1. The number of ether oxygens (including phenoxy) is 2. The summed E-state index contributed by atoms with van der Waals surface area (Å²) in [5.41, 5.74) is 4.42. The molecule has 2 amide bonds. The molecule has 3 aromatic rings. The first kappa shape index (κ1) is 22.1. The van der Waals surface area contributed by atoms with Crippen molar-refractivity contribution in [1.29, 1.82) is 0 Å². The highest BCUT2D eigenvalue weighted by Crippen LogP contribution is 2.38. The molecule has 33 heavy (non-hydrogen) atoms. The first-order chi connectivity index (χ1) is 16.0. The number of carbonyl (C=O) groups excluding carboxylic acids is 2. The third kappa shape index (κ3) is 4.07. The third-order valence-corrected chi connectivity index (χ3v) is 5.73. The summed E-state index contributed by atoms with van der Waals surface area (Å²) in [6.45, 7) is 6.44. The van der Waals surface area contributed by atoms with E-state index < -0.39 is 11.8 Å². The molecule has 1 aliphatic heterocycles. The minimum Gasteiger partial charge on any atom is -0.495 e. The Hall–Kier alpha value is -4.06. The summed E-state index contributed by atoms with van der Waals surface area (Å²) < 4.78 is 11.0. The van der Waals surface area contributed by atoms with Gasteiger partial charge < -0.3 is 14.8 Å². The molecule has 1 aliphatic rings. The van der Waals surface area contributed by atoms with Crippen molar-refractivity contribution in [1.82, 2.24) is 0 Å². The fourth-order valence-electron chi connectivity index (χ4n) is 3.85. The van der Waals surface area contributed by atoms with E-state index in [9.17, 15) is 9.59 Å². The number of rotatable bonds is 7. The molecule has 0 aromatic heterocycles. The summed E-state index contributed by atoms with van der Waals surface area (Å²) in [6.07, 6.45) is 0. The van der Waals surface area contributed by atoms with E-state index in [0.29, 0.717) is 34.9 Å². The highest BCUT2D eigenvalue weighted by molar-refractivity contribution is 6.46. The zero-order valence-corrected chi connectivity index (χ0v) is 19.1. The molecule has 0 atom stereocenters. The molecule has 6 nitrogen and oxygen atoms in total. The molecule has 0 spiro atoms. The number of para-hydroxylation sites is 2. The van der Waals surface area contributed by atoms with Gasteiger partial charge in [-0.3, -0.25) is 9.59 Å². The van der Waals surface area contributed by atoms with Crippen molar-refractivity contribution in [2.24, 2.45) is 0 Å². The number of hydrogen-bond donors (Lipinski definition) is 1. The number of anilines is 2. The van der Waals surface area contributed by atoms with Crippen molar-refractivity contribution in [3.05, 3.63) is 89.1 Å². The van der Waals surface area contributed by atoms with Gasteiger partial charge in [-0.05, 0) is 67.8 Å². The van der Waals surface area contributed by atoms with Crippen LogP contribution in [0.1, 0.15) is 23.6 Å². The smallest absolute Gasteiger partial charge is 0.282 e. The van der Waals surface area contributed by atoms with E-state index >= 15 is 0 Å². The Labute approximate surface area is 193 Å². The summed E-state index contributed by atoms with van der Waals surface area (Å²) in [6, 6.07) is 20.0. The Bertz CT molecular complexity index is 1250. The van der Waals surface area contributed by atoms with E-state index in [-0.39, 0.29) is 5.70 Å². The summed E-state index contributed by atoms with van der Waals surface area (Å²) in [4.78, 5) is 28.5. The number of benzene rings is 3. The quantitative estimate of drug-likeness (QED) is 0.515. The van der Waals surface area contributed by atoms with E-state index in [1.54, 1.807) is 48.5 Å². The van der Waals surface area contributed by atoms with Gasteiger partial charge >= 0.3 is 0 Å². The van der Waals surface area contributed by atoms with Gasteiger partial charge in [-0.25, -0.2) is 4.90 Å². The fraction of sp³-hybridized carbons (Fsp3) is 0.185. The largest absolute Gasteiger partial charge is 0.495 e. The lowest BCUT2D eigenvalue weighted by molar-refractivity contribution is -0.120. The van der Waals surface area contributed by atoms with Crippen LogP contribution >= 0.6 is 0 Å². The lowest BCUT2D eigenvalue weighted by atomic mass is 10.0. The van der Waals surface area contributed by atoms with E-state index in [4.69, 9.17) is 9.47 Å². The zero-order chi connectivity index (χ0) is 23.5. The van der Waals surface area contributed by atoms with Gasteiger partial charge in [-0.15, -0.1) is 0 Å². The number of amides is 2. The molecule has 1 N–H and O–H groups in total. The molecular weight excluding hydrogens is 416 g/mol. The molecule has 0 radical (unpaired) electrons. The first-order valence-corrected chi connectivity index (χ1v) is 10.8. The summed E-state index contributed by atoms with van der Waals surface area (Å²) in [5, 5.41) is 3.25. The van der Waals surface area contributed by atoms with Crippen LogP contribution in [0.4, 0.5) is 11.4 Å². The Morgan fingerprint density at radius 1 is 0.879 bits per heavy atom. The molecular formula is C27H26N2O4. The average molecular weight is 443 g/mol. The number of nitrogens with one attached hydrogen (secondary N) is 1. The van der Waals surface area contributed by atoms with Crippen LogP contribution in [0, 0.1) is 13.8 Å². The van der Waals surface area contributed by atoms with Gasteiger partial charge in [0.05, 0.1) is 25.0 Å². The molecule has 168 valence electrons. The lowest BCUT2D eigenvalue weighted by Crippen LogP contribution is -2.32. The summed E-state index contributed by atoms with van der Waals surface area (Å²) in [5.74, 6) is 0.290. The number of carbonyl (C=O) groups is 2. The van der Waals surface area contributed by atoms with Crippen LogP contribution in [-0.4, -0.2) is 25.5 Å². The van der Waals surface area contributed by atoms with Gasteiger partial charge in [0.2, 0.25) is 0 Å². The third-order valence-electron chi connectivity index (χ3n) is 5.73. The Balaban J connectivity index is 1.84. The highest BCUT2D eigenvalue weighted by atomic mass is 16.5. The second-order valence-corrected chi connectivity index (χ2v) is 7.70. The standard InChI is InChI=1S/C27H26N2O4/c1-5-33-20-15-13-19(14-16-20)24-25(28-21-10-8-9-17(2)18(21)3)27(31)29(26(24)30)22-11-6-7-12-23(22)32-4/h6-16,28H,5H2,1-4H3. The van der Waals surface area contributed by atoms with Crippen LogP contribution in [0.3, 0.4) is 0 Å². The van der Waals surface area contributed by atoms with E-state index in [1.165, 1.54) is 7.11 Å². The van der Waals surface area contributed by atoms with Crippen molar-refractivity contribution in [3.8, 4) is 11.5 Å². The topological polar surface area (TPSA) is 67.9 Å². The molecule has 0 bridgehead atoms. The van der Waals surface area contributed by atoms with Crippen molar-refractivity contribution < 1.29 is 19.1 Å². The van der Waals surface area contributed by atoms with E-state index in [1.807, 2.05) is 39.0 Å². The predicted molar refractivity (Wildman–Crippen MR) is 130 cm³/mol. The molecule has 0 saturated carbocycles. The molecule has 1 heterocycles. The first-order valence-electron chi connectivity index (χ1n) is 10.8. The minimum atomic E-state index is -0.436. The van der Waals surface area contributed by atoms with E-state index in [2.05, 4.69) is 5.32 Å². The maximum Gasteiger partial charge on any atom is 0.282 e. The SMILES string of the molecule is CCOc1ccc(C2=C(Nc3cccc(C)c3C)C(=O)N(c3ccccc3OC)C2=O)cc1. The van der Waals surface area contributed by atoms with Gasteiger partial charge in [0.25, 0.3) is 11.8 Å². The maximum absolute atomic E-state index is 13.7. The minimum absolute atomic E-state index is 0.226. The van der Waals surface area contributed by atoms with Gasteiger partial charge in [-0.1, -0.05) is 36.4 Å². The molecule has 3 aromatic carbocycles. The van der Waals surface area contributed by atoms with Crippen LogP contribution in [0.15, 0.2) is 72.4 Å². The van der Waals surface area contributed by atoms with Gasteiger partial charge in [0, 0.05) is 5.69 Å². The van der Waals surface area contributed by atoms with Crippen LogP contribution < -0.4 is 19.7 Å². The Morgan fingerprint density at radius 3 is 2.30 bits per heavy atom. The monoisotopic (exact) mass is 442 g/mol. The predicted octanol–water partition coefficient (Wildman–Crippen LogP) is 5.11. The number of nitrogens with zero attached hydrogens (tertiary/aromatic N) is 1. The van der Waals surface area contributed by atoms with Crippen molar-refractivity contribution >= 4 is 28.8 Å². The van der Waals surface area contributed by atoms with Gasteiger partial charge in [0.1, 0.15) is 17.2 Å². The summed E-state index contributed by atoms with van der Waals surface area (Å²) >= 11 is 0. The van der Waals surface area contributed by atoms with Crippen LogP contribution in [0.5, 0.6) is 11.5 Å².